The average Bonchev–Trinajstić information content (AvgIpc) is 2.28. The Morgan fingerprint density at radius 1 is 1.33 bits per heavy atom. The molecule has 18 heavy (non-hydrogen) atoms. The first kappa shape index (κ1) is 14.9. The van der Waals surface area contributed by atoms with Gasteiger partial charge in [-0.2, -0.15) is 0 Å². The first-order valence-electron chi connectivity index (χ1n) is 4.82. The molecule has 0 spiro atoms. The molecule has 90 valence electrons. The second kappa shape index (κ2) is 6.13. The number of benzene rings is 1. The first-order chi connectivity index (χ1) is 8.08. The van der Waals surface area contributed by atoms with Crippen LogP contribution >= 0.6 is 0 Å². The van der Waals surface area contributed by atoms with Gasteiger partial charge in [0.25, 0.3) is 5.91 Å². The van der Waals surface area contributed by atoms with Crippen molar-refractivity contribution < 1.29 is 17.1 Å². The molecule has 3 N–H and O–H groups in total. The van der Waals surface area contributed by atoms with Gasteiger partial charge in [-0.3, -0.25) is 4.79 Å². The SMILES string of the molecule is NC(=O)c1ncc(-c2cccc(F)c2)cc1O.[Ca+2].[H-].[H-]. The maximum absolute atomic E-state index is 13.0. The number of pyridine rings is 1. The topological polar surface area (TPSA) is 76.2 Å². The molecule has 0 saturated heterocycles. The summed E-state index contributed by atoms with van der Waals surface area (Å²) in [7, 11) is 0. The molecule has 0 atom stereocenters. The van der Waals surface area contributed by atoms with E-state index in [1.54, 1.807) is 12.1 Å². The molecule has 0 radical (unpaired) electrons. The van der Waals surface area contributed by atoms with Crippen LogP contribution in [0.1, 0.15) is 13.3 Å². The minimum Gasteiger partial charge on any atom is -1.00 e. The van der Waals surface area contributed by atoms with Crippen LogP contribution in [-0.4, -0.2) is 53.7 Å². The minimum atomic E-state index is -0.812. The number of aromatic hydroxyl groups is 1. The predicted molar refractivity (Wildman–Crippen MR) is 67.8 cm³/mol. The fourth-order valence-electron chi connectivity index (χ4n) is 1.47. The zero-order chi connectivity index (χ0) is 12.4. The third-order valence-corrected chi connectivity index (χ3v) is 2.26. The fourth-order valence-corrected chi connectivity index (χ4v) is 1.47. The van der Waals surface area contributed by atoms with Gasteiger partial charge in [-0.1, -0.05) is 12.1 Å². The van der Waals surface area contributed by atoms with E-state index < -0.39 is 5.91 Å². The number of nitrogens with zero attached hydrogens (tertiary/aromatic N) is 1. The molecular formula is C12H11CaFN2O2. The molecule has 1 aromatic carbocycles. The Balaban J connectivity index is 0. The third kappa shape index (κ3) is 3.19. The van der Waals surface area contributed by atoms with E-state index in [1.165, 1.54) is 24.4 Å². The zero-order valence-electron chi connectivity index (χ0n) is 11.4. The van der Waals surface area contributed by atoms with E-state index >= 15 is 0 Å². The number of primary amides is 1. The summed E-state index contributed by atoms with van der Waals surface area (Å²) in [4.78, 5) is 14.6. The summed E-state index contributed by atoms with van der Waals surface area (Å²) >= 11 is 0. The second-order valence-corrected chi connectivity index (χ2v) is 3.47. The normalized spacial score (nSPS) is 9.61. The molecule has 0 aliphatic heterocycles. The van der Waals surface area contributed by atoms with Crippen LogP contribution in [0.5, 0.6) is 5.75 Å². The van der Waals surface area contributed by atoms with Crippen LogP contribution in [0.2, 0.25) is 0 Å². The summed E-state index contributed by atoms with van der Waals surface area (Å²) in [5.41, 5.74) is 5.87. The number of carbonyl (C=O) groups is 1. The van der Waals surface area contributed by atoms with Gasteiger partial charge >= 0.3 is 37.7 Å². The largest absolute Gasteiger partial charge is 2.00 e. The van der Waals surface area contributed by atoms with Crippen molar-refractivity contribution in [2.24, 2.45) is 5.73 Å². The van der Waals surface area contributed by atoms with Gasteiger partial charge in [-0.25, -0.2) is 9.37 Å². The van der Waals surface area contributed by atoms with E-state index in [1.807, 2.05) is 0 Å². The van der Waals surface area contributed by atoms with Gasteiger partial charge < -0.3 is 13.7 Å². The van der Waals surface area contributed by atoms with E-state index in [4.69, 9.17) is 5.73 Å². The van der Waals surface area contributed by atoms with Gasteiger partial charge in [0, 0.05) is 11.8 Å². The Labute approximate surface area is 136 Å². The summed E-state index contributed by atoms with van der Waals surface area (Å²) in [6.45, 7) is 0. The van der Waals surface area contributed by atoms with E-state index in [-0.39, 0.29) is 57.9 Å². The van der Waals surface area contributed by atoms with Gasteiger partial charge in [-0.05, 0) is 23.8 Å². The van der Waals surface area contributed by atoms with Crippen molar-refractivity contribution in [1.82, 2.24) is 4.98 Å². The summed E-state index contributed by atoms with van der Waals surface area (Å²) in [6, 6.07) is 7.16. The summed E-state index contributed by atoms with van der Waals surface area (Å²) in [6.07, 6.45) is 1.36. The molecule has 0 fully saturated rings. The maximum Gasteiger partial charge on any atom is 2.00 e. The summed E-state index contributed by atoms with van der Waals surface area (Å²) < 4.78 is 13.0. The van der Waals surface area contributed by atoms with E-state index in [2.05, 4.69) is 4.98 Å². The monoisotopic (exact) mass is 274 g/mol. The van der Waals surface area contributed by atoms with Gasteiger partial charge in [-0.15, -0.1) is 0 Å². The Hall–Kier alpha value is -1.17. The van der Waals surface area contributed by atoms with Gasteiger partial charge in [0.15, 0.2) is 5.69 Å². The molecule has 4 nitrogen and oxygen atoms in total. The number of amides is 1. The van der Waals surface area contributed by atoms with Gasteiger partial charge in [0.2, 0.25) is 0 Å². The molecule has 1 amide bonds. The van der Waals surface area contributed by atoms with Crippen LogP contribution < -0.4 is 5.73 Å². The molecule has 1 aromatic heterocycles. The van der Waals surface area contributed by atoms with Crippen molar-refractivity contribution in [2.75, 3.05) is 0 Å². The second-order valence-electron chi connectivity index (χ2n) is 3.47. The molecule has 2 aromatic rings. The van der Waals surface area contributed by atoms with Gasteiger partial charge in [0.05, 0.1) is 0 Å². The van der Waals surface area contributed by atoms with Crippen LogP contribution in [-0.2, 0) is 0 Å². The molecule has 0 aliphatic rings. The summed E-state index contributed by atoms with van der Waals surface area (Å²) in [5.74, 6) is -1.52. The molecular weight excluding hydrogens is 263 g/mol. The number of hydrogen-bond acceptors (Lipinski definition) is 3. The number of hydrogen-bond donors (Lipinski definition) is 2. The zero-order valence-corrected chi connectivity index (χ0v) is 11.6. The van der Waals surface area contributed by atoms with Crippen molar-refractivity contribution >= 4 is 43.6 Å². The summed E-state index contributed by atoms with van der Waals surface area (Å²) in [5, 5.41) is 9.54. The van der Waals surface area contributed by atoms with Crippen LogP contribution in [0.25, 0.3) is 11.1 Å². The third-order valence-electron chi connectivity index (χ3n) is 2.26. The molecule has 0 aliphatic carbocycles. The average molecular weight is 274 g/mol. The van der Waals surface area contributed by atoms with Crippen LogP contribution in [0.4, 0.5) is 4.39 Å². The van der Waals surface area contributed by atoms with E-state index in [0.717, 1.165) is 0 Å². The van der Waals surface area contributed by atoms with Gasteiger partial charge in [0.1, 0.15) is 11.6 Å². The molecule has 1 heterocycles. The van der Waals surface area contributed by atoms with Crippen LogP contribution in [0.15, 0.2) is 36.5 Å². The number of aromatic nitrogens is 1. The van der Waals surface area contributed by atoms with Crippen molar-refractivity contribution in [1.29, 1.82) is 0 Å². The Kier molecular flexibility index (Phi) is 5.07. The van der Waals surface area contributed by atoms with Crippen molar-refractivity contribution in [2.45, 2.75) is 0 Å². The molecule has 0 bridgehead atoms. The van der Waals surface area contributed by atoms with Crippen LogP contribution in [0, 0.1) is 5.82 Å². The quantitative estimate of drug-likeness (QED) is 0.815. The van der Waals surface area contributed by atoms with E-state index in [0.29, 0.717) is 11.1 Å². The number of carbonyl (C=O) groups excluding carboxylic acids is 1. The standard InChI is InChI=1S/C12H9FN2O2.Ca.2H/c13-9-3-1-2-7(4-9)8-5-10(16)11(12(14)17)15-6-8;;;/h1-6,16H,(H2,14,17);;;/q;+2;2*-1. The smallest absolute Gasteiger partial charge is 1.00 e. The number of nitrogens with two attached hydrogens (primary N) is 1. The van der Waals surface area contributed by atoms with E-state index in [9.17, 15) is 14.3 Å². The molecule has 0 unspecified atom stereocenters. The van der Waals surface area contributed by atoms with Crippen LogP contribution in [0.3, 0.4) is 0 Å². The number of rotatable bonds is 2. The molecule has 0 saturated carbocycles. The minimum absolute atomic E-state index is 0. The Bertz CT molecular complexity index is 599. The predicted octanol–water partition coefficient (Wildman–Crippen LogP) is 1.54. The van der Waals surface area contributed by atoms with Crippen molar-refractivity contribution in [3.8, 4) is 16.9 Å². The first-order valence-corrected chi connectivity index (χ1v) is 4.82. The fraction of sp³-hybridized carbons (Fsp3) is 0. The Morgan fingerprint density at radius 2 is 2.06 bits per heavy atom. The van der Waals surface area contributed by atoms with Crippen molar-refractivity contribution in [3.63, 3.8) is 0 Å². The number of halogens is 1. The molecule has 2 rings (SSSR count). The maximum atomic E-state index is 13.0. The molecule has 6 heteroatoms. The van der Waals surface area contributed by atoms with Crippen molar-refractivity contribution in [3.05, 3.63) is 48.0 Å². The Morgan fingerprint density at radius 3 is 2.61 bits per heavy atom.